The van der Waals surface area contributed by atoms with Gasteiger partial charge in [0.15, 0.2) is 0 Å². The second-order valence-corrected chi connectivity index (χ2v) is 8.49. The van der Waals surface area contributed by atoms with Crippen molar-refractivity contribution in [3.63, 3.8) is 0 Å². The van der Waals surface area contributed by atoms with Crippen LogP contribution in [0, 0.1) is 19.3 Å². The maximum Gasteiger partial charge on any atom is 0.419 e. The predicted molar refractivity (Wildman–Crippen MR) is 141 cm³/mol. The van der Waals surface area contributed by atoms with Gasteiger partial charge in [-0.1, -0.05) is 13.0 Å². The smallest absolute Gasteiger partial charge is 0.419 e. The number of anilines is 1. The highest BCUT2D eigenvalue weighted by molar-refractivity contribution is 6.10. The highest BCUT2D eigenvalue weighted by Gasteiger charge is 2.27. The van der Waals surface area contributed by atoms with E-state index in [1.807, 2.05) is 13.8 Å². The Morgan fingerprint density at radius 2 is 1.79 bits per heavy atom. The summed E-state index contributed by atoms with van der Waals surface area (Å²) in [5.74, 6) is -3.01. The molecule has 2 rings (SSSR count). The number of esters is 1. The number of carboxylic acid groups (broad SMARTS) is 1. The minimum Gasteiger partial charge on any atom is -0.481 e. The maximum atomic E-state index is 13.2. The van der Waals surface area contributed by atoms with E-state index in [2.05, 4.69) is 20.4 Å². The van der Waals surface area contributed by atoms with Crippen molar-refractivity contribution < 1.29 is 38.6 Å². The molecule has 0 fully saturated rings. The third kappa shape index (κ3) is 8.42. The summed E-state index contributed by atoms with van der Waals surface area (Å²) in [4.78, 5) is 63.7. The molecule has 0 aliphatic heterocycles. The number of carbonyl (C=O) groups excluding carboxylic acids is 4. The third-order valence-corrected chi connectivity index (χ3v) is 5.58. The number of carboxylic acids is 1. The Morgan fingerprint density at radius 1 is 1.08 bits per heavy atom. The Morgan fingerprint density at radius 3 is 2.44 bits per heavy atom. The summed E-state index contributed by atoms with van der Waals surface area (Å²) in [6, 6.07) is 5.07. The van der Waals surface area contributed by atoms with E-state index >= 15 is 0 Å². The summed E-state index contributed by atoms with van der Waals surface area (Å²) in [5, 5.41) is 22.8. The molecule has 0 bridgehead atoms. The largest absolute Gasteiger partial charge is 0.481 e. The second-order valence-electron chi connectivity index (χ2n) is 8.49. The fourth-order valence-corrected chi connectivity index (χ4v) is 3.48. The van der Waals surface area contributed by atoms with Crippen LogP contribution >= 0.6 is 0 Å². The van der Waals surface area contributed by atoms with E-state index in [4.69, 9.17) is 15.3 Å². The molecule has 0 saturated carbocycles. The van der Waals surface area contributed by atoms with E-state index < -0.39 is 37.2 Å². The van der Waals surface area contributed by atoms with E-state index in [9.17, 15) is 24.0 Å². The van der Waals surface area contributed by atoms with Gasteiger partial charge in [0.1, 0.15) is 5.84 Å². The lowest BCUT2D eigenvalue weighted by Crippen LogP contribution is -2.38. The van der Waals surface area contributed by atoms with Crippen molar-refractivity contribution in [3.8, 4) is 0 Å². The number of amides is 3. The van der Waals surface area contributed by atoms with E-state index in [0.29, 0.717) is 35.5 Å². The number of imide groups is 1. The van der Waals surface area contributed by atoms with Gasteiger partial charge in [-0.2, -0.15) is 0 Å². The Bertz CT molecular complexity index is 1250. The van der Waals surface area contributed by atoms with Crippen LogP contribution in [0.5, 0.6) is 0 Å². The average molecular weight is 544 g/mol. The number of H-pyrrole nitrogens is 1. The fraction of sp³-hybridized carbons (Fsp3) is 0.385. The molecule has 0 aliphatic carbocycles. The number of rotatable bonds is 12. The lowest BCUT2D eigenvalue weighted by atomic mass is 10.1. The number of nitrogens with one attached hydrogen (secondary N) is 4. The molecule has 5 N–H and O–H groups in total. The van der Waals surface area contributed by atoms with Crippen molar-refractivity contribution in [1.82, 2.24) is 15.2 Å². The van der Waals surface area contributed by atoms with Crippen LogP contribution in [0.15, 0.2) is 24.4 Å². The Balaban J connectivity index is 2.13. The van der Waals surface area contributed by atoms with Gasteiger partial charge in [-0.25, -0.2) is 9.69 Å². The van der Waals surface area contributed by atoms with E-state index in [0.717, 1.165) is 10.5 Å². The highest BCUT2D eigenvalue weighted by Crippen LogP contribution is 2.21. The van der Waals surface area contributed by atoms with Crippen LogP contribution in [0.2, 0.25) is 0 Å². The molecular weight excluding hydrogens is 510 g/mol. The molecule has 210 valence electrons. The molecule has 13 nitrogen and oxygen atoms in total. The average Bonchev–Trinajstić information content (AvgIpc) is 3.28. The molecule has 0 atom stereocenters. The number of ether oxygens (including phenoxy) is 2. The third-order valence-electron chi connectivity index (χ3n) is 5.58. The SMILES string of the molecule is CCCN(C(=O)OCOC(=O)CCC(=O)O)C(=O)c1c[nH]c(C(=N)Nc2cc(C(=O)NCC)ccc2C)c1C. The van der Waals surface area contributed by atoms with Gasteiger partial charge in [-0.3, -0.25) is 24.6 Å². The van der Waals surface area contributed by atoms with Gasteiger partial charge in [0, 0.05) is 30.5 Å². The first-order valence-electron chi connectivity index (χ1n) is 12.3. The topological polar surface area (TPSA) is 191 Å². The van der Waals surface area contributed by atoms with Crippen molar-refractivity contribution >= 4 is 41.4 Å². The quantitative estimate of drug-likeness (QED) is 0.116. The molecule has 0 spiro atoms. The van der Waals surface area contributed by atoms with Crippen LogP contribution < -0.4 is 10.6 Å². The van der Waals surface area contributed by atoms with Crippen molar-refractivity contribution in [2.24, 2.45) is 0 Å². The van der Waals surface area contributed by atoms with Gasteiger partial charge in [-0.15, -0.1) is 0 Å². The van der Waals surface area contributed by atoms with Gasteiger partial charge < -0.3 is 30.2 Å². The van der Waals surface area contributed by atoms with Crippen molar-refractivity contribution in [2.45, 2.75) is 47.0 Å². The normalized spacial score (nSPS) is 10.4. The van der Waals surface area contributed by atoms with Crippen LogP contribution in [0.1, 0.15) is 70.6 Å². The van der Waals surface area contributed by atoms with E-state index in [1.165, 1.54) is 6.20 Å². The number of hydrogen-bond acceptors (Lipinski definition) is 8. The zero-order chi connectivity index (χ0) is 29.1. The molecule has 39 heavy (non-hydrogen) atoms. The number of amidine groups is 1. The molecular formula is C26H33N5O8. The zero-order valence-corrected chi connectivity index (χ0v) is 22.3. The summed E-state index contributed by atoms with van der Waals surface area (Å²) < 4.78 is 9.58. The molecule has 0 unspecified atom stereocenters. The van der Waals surface area contributed by atoms with Crippen molar-refractivity contribution in [3.05, 3.63) is 52.3 Å². The summed E-state index contributed by atoms with van der Waals surface area (Å²) in [7, 11) is 0. The summed E-state index contributed by atoms with van der Waals surface area (Å²) in [6.07, 6.45) is -0.0465. The van der Waals surface area contributed by atoms with Gasteiger partial charge >= 0.3 is 18.0 Å². The van der Waals surface area contributed by atoms with Gasteiger partial charge in [0.05, 0.1) is 24.1 Å². The van der Waals surface area contributed by atoms with Gasteiger partial charge in [0.25, 0.3) is 11.8 Å². The molecule has 13 heteroatoms. The number of aromatic nitrogens is 1. The maximum absolute atomic E-state index is 13.2. The molecule has 1 heterocycles. The lowest BCUT2D eigenvalue weighted by Gasteiger charge is -2.19. The molecule has 1 aromatic carbocycles. The standard InChI is InChI=1S/C26H33N5O8/c1-5-11-31(26(37)39-14-38-21(34)10-9-20(32)33)25(36)18-13-29-22(16(18)4)23(27)30-19-12-17(8-7-15(19)3)24(35)28-6-2/h7-8,12-13,29H,5-6,9-11,14H2,1-4H3,(H2,27,30)(H,28,35)(H,32,33). The minimum atomic E-state index is -1.17. The summed E-state index contributed by atoms with van der Waals surface area (Å²) >= 11 is 0. The highest BCUT2D eigenvalue weighted by atomic mass is 16.7. The molecule has 3 amide bonds. The van der Waals surface area contributed by atoms with Crippen LogP contribution in [0.3, 0.4) is 0 Å². The molecule has 0 saturated heterocycles. The number of carbonyl (C=O) groups is 5. The first kappa shape index (κ1) is 30.5. The van der Waals surface area contributed by atoms with Crippen LogP contribution in [-0.2, 0) is 19.1 Å². The van der Waals surface area contributed by atoms with E-state index in [1.54, 1.807) is 32.0 Å². The monoisotopic (exact) mass is 543 g/mol. The van der Waals surface area contributed by atoms with Crippen LogP contribution in [0.25, 0.3) is 0 Å². The molecule has 2 aromatic rings. The van der Waals surface area contributed by atoms with E-state index in [-0.39, 0.29) is 30.3 Å². The Labute approximate surface area is 225 Å². The van der Waals surface area contributed by atoms with Gasteiger partial charge in [0.2, 0.25) is 6.79 Å². The molecule has 0 radical (unpaired) electrons. The number of aryl methyl sites for hydroxylation is 1. The Hall–Kier alpha value is -4.68. The second kappa shape index (κ2) is 14.3. The first-order valence-corrected chi connectivity index (χ1v) is 12.3. The summed E-state index contributed by atoms with van der Waals surface area (Å²) in [6.45, 7) is 6.74. The fourth-order valence-electron chi connectivity index (χ4n) is 3.48. The van der Waals surface area contributed by atoms with Gasteiger partial charge in [-0.05, 0) is 50.5 Å². The first-order chi connectivity index (χ1) is 18.5. The lowest BCUT2D eigenvalue weighted by molar-refractivity contribution is -0.154. The number of aliphatic carboxylic acids is 1. The zero-order valence-electron chi connectivity index (χ0n) is 22.3. The number of benzene rings is 1. The Kier molecular flexibility index (Phi) is 11.2. The molecule has 1 aromatic heterocycles. The number of hydrogen-bond donors (Lipinski definition) is 5. The van der Waals surface area contributed by atoms with Crippen molar-refractivity contribution in [2.75, 3.05) is 25.2 Å². The molecule has 0 aliphatic rings. The minimum absolute atomic E-state index is 0.0199. The summed E-state index contributed by atoms with van der Waals surface area (Å²) in [5.41, 5.74) is 2.61. The number of aromatic amines is 1. The van der Waals surface area contributed by atoms with Crippen LogP contribution in [0.4, 0.5) is 10.5 Å². The predicted octanol–water partition coefficient (Wildman–Crippen LogP) is 3.17. The van der Waals surface area contributed by atoms with Crippen molar-refractivity contribution in [1.29, 1.82) is 5.41 Å². The van der Waals surface area contributed by atoms with Crippen LogP contribution in [-0.4, -0.2) is 70.6 Å². The number of nitrogens with zero attached hydrogens (tertiary/aromatic N) is 1.